The minimum Gasteiger partial charge on any atom is -0.370 e. The molecule has 0 spiro atoms. The van der Waals surface area contributed by atoms with E-state index in [1.165, 1.54) is 6.42 Å². The monoisotopic (exact) mass is 292 g/mol. The molecule has 0 aromatic carbocycles. The van der Waals surface area contributed by atoms with Crippen molar-refractivity contribution in [3.8, 4) is 0 Å². The Bertz CT molecular complexity index is 448. The average Bonchev–Trinajstić information content (AvgIpc) is 2.48. The van der Waals surface area contributed by atoms with E-state index in [0.717, 1.165) is 50.1 Å². The predicted octanol–water partition coefficient (Wildman–Crippen LogP) is 2.82. The third kappa shape index (κ3) is 4.38. The van der Waals surface area contributed by atoms with Crippen LogP contribution in [0.25, 0.3) is 0 Å². The van der Waals surface area contributed by atoms with E-state index in [0.29, 0.717) is 5.92 Å². The summed E-state index contributed by atoms with van der Waals surface area (Å²) in [5.74, 6) is 2.11. The number of rotatable bonds is 6. The Morgan fingerprint density at radius 1 is 1.38 bits per heavy atom. The lowest BCUT2D eigenvalue weighted by Gasteiger charge is -2.32. The van der Waals surface area contributed by atoms with Crippen LogP contribution in [0.4, 0.5) is 5.82 Å². The first-order chi connectivity index (χ1) is 10.1. The molecule has 0 amide bonds. The Kier molecular flexibility index (Phi) is 5.94. The van der Waals surface area contributed by atoms with Crippen molar-refractivity contribution in [1.82, 2.24) is 14.9 Å². The Labute approximate surface area is 128 Å². The highest BCUT2D eigenvalue weighted by Gasteiger charge is 2.24. The van der Waals surface area contributed by atoms with Crippen LogP contribution in [-0.4, -0.2) is 47.7 Å². The van der Waals surface area contributed by atoms with Gasteiger partial charge in [0.25, 0.3) is 0 Å². The number of anilines is 1. The summed E-state index contributed by atoms with van der Waals surface area (Å²) in [6.45, 7) is 13.2. The van der Waals surface area contributed by atoms with Crippen molar-refractivity contribution in [1.29, 1.82) is 0 Å². The third-order valence-corrected chi connectivity index (χ3v) is 3.69. The van der Waals surface area contributed by atoms with Gasteiger partial charge in [-0.05, 0) is 25.8 Å². The highest BCUT2D eigenvalue weighted by Crippen LogP contribution is 2.23. The van der Waals surface area contributed by atoms with Crippen LogP contribution in [0.15, 0.2) is 6.07 Å². The normalized spacial score (nSPS) is 20.0. The van der Waals surface area contributed by atoms with E-state index < -0.39 is 0 Å². The van der Waals surface area contributed by atoms with Crippen molar-refractivity contribution in [2.45, 2.75) is 46.1 Å². The first-order valence-electron chi connectivity index (χ1n) is 8.10. The smallest absolute Gasteiger partial charge is 0.161 e. The Balaban J connectivity index is 2.20. The average molecular weight is 292 g/mol. The third-order valence-electron chi connectivity index (χ3n) is 3.69. The van der Waals surface area contributed by atoms with Gasteiger partial charge in [-0.15, -0.1) is 0 Å². The second kappa shape index (κ2) is 7.71. The van der Waals surface area contributed by atoms with Crippen LogP contribution in [0.2, 0.25) is 0 Å². The SMILES string of the molecule is CCCN1CCOC(c2nc(NCC)cc(C(C)C)n2)C1. The molecule has 1 N–H and O–H groups in total. The molecule has 1 aliphatic heterocycles. The summed E-state index contributed by atoms with van der Waals surface area (Å²) < 4.78 is 5.91. The molecule has 1 saturated heterocycles. The second-order valence-corrected chi connectivity index (χ2v) is 5.88. The molecular weight excluding hydrogens is 264 g/mol. The van der Waals surface area contributed by atoms with Crippen LogP contribution in [0.5, 0.6) is 0 Å². The van der Waals surface area contributed by atoms with Crippen molar-refractivity contribution in [3.05, 3.63) is 17.6 Å². The van der Waals surface area contributed by atoms with Crippen molar-refractivity contribution >= 4 is 5.82 Å². The van der Waals surface area contributed by atoms with Gasteiger partial charge < -0.3 is 10.1 Å². The molecule has 0 radical (unpaired) electrons. The minimum absolute atomic E-state index is 0.0126. The number of aromatic nitrogens is 2. The van der Waals surface area contributed by atoms with Crippen molar-refractivity contribution in [2.24, 2.45) is 0 Å². The highest BCUT2D eigenvalue weighted by atomic mass is 16.5. The summed E-state index contributed by atoms with van der Waals surface area (Å²) in [5, 5.41) is 3.30. The van der Waals surface area contributed by atoms with Crippen LogP contribution < -0.4 is 5.32 Å². The van der Waals surface area contributed by atoms with E-state index in [-0.39, 0.29) is 6.10 Å². The number of hydrogen-bond donors (Lipinski definition) is 1. The first kappa shape index (κ1) is 16.2. The number of ether oxygens (including phenoxy) is 1. The van der Waals surface area contributed by atoms with Crippen molar-refractivity contribution in [3.63, 3.8) is 0 Å². The van der Waals surface area contributed by atoms with Gasteiger partial charge in [0.05, 0.1) is 6.61 Å². The molecule has 0 saturated carbocycles. The topological polar surface area (TPSA) is 50.3 Å². The van der Waals surface area contributed by atoms with Gasteiger partial charge in [-0.2, -0.15) is 0 Å². The fraction of sp³-hybridized carbons (Fsp3) is 0.750. The van der Waals surface area contributed by atoms with E-state index in [9.17, 15) is 0 Å². The fourth-order valence-corrected chi connectivity index (χ4v) is 2.57. The summed E-state index contributed by atoms with van der Waals surface area (Å²) >= 11 is 0. The fourth-order valence-electron chi connectivity index (χ4n) is 2.57. The van der Waals surface area contributed by atoms with E-state index in [1.54, 1.807) is 0 Å². The van der Waals surface area contributed by atoms with E-state index in [1.807, 2.05) is 6.07 Å². The quantitative estimate of drug-likeness (QED) is 0.873. The summed E-state index contributed by atoms with van der Waals surface area (Å²) in [5.41, 5.74) is 1.08. The minimum atomic E-state index is -0.0126. The predicted molar refractivity (Wildman–Crippen MR) is 85.7 cm³/mol. The van der Waals surface area contributed by atoms with Crippen molar-refractivity contribution < 1.29 is 4.74 Å². The lowest BCUT2D eigenvalue weighted by atomic mass is 10.1. The van der Waals surface area contributed by atoms with Gasteiger partial charge in [-0.3, -0.25) is 4.90 Å². The van der Waals surface area contributed by atoms with E-state index >= 15 is 0 Å². The van der Waals surface area contributed by atoms with Gasteiger partial charge in [0.1, 0.15) is 11.9 Å². The number of nitrogens with one attached hydrogen (secondary N) is 1. The number of nitrogens with zero attached hydrogens (tertiary/aromatic N) is 3. The lowest BCUT2D eigenvalue weighted by Crippen LogP contribution is -2.39. The van der Waals surface area contributed by atoms with Crippen LogP contribution in [0, 0.1) is 0 Å². The van der Waals surface area contributed by atoms with Gasteiger partial charge in [0.15, 0.2) is 5.82 Å². The molecule has 1 aromatic heterocycles. The number of hydrogen-bond acceptors (Lipinski definition) is 5. The zero-order valence-electron chi connectivity index (χ0n) is 13.7. The zero-order valence-corrected chi connectivity index (χ0v) is 13.7. The highest BCUT2D eigenvalue weighted by molar-refractivity contribution is 5.37. The molecule has 0 bridgehead atoms. The zero-order chi connectivity index (χ0) is 15.2. The molecule has 2 rings (SSSR count). The Morgan fingerprint density at radius 3 is 2.86 bits per heavy atom. The molecular formula is C16H28N4O. The van der Waals surface area contributed by atoms with Gasteiger partial charge in [-0.1, -0.05) is 20.8 Å². The van der Waals surface area contributed by atoms with E-state index in [4.69, 9.17) is 9.72 Å². The Morgan fingerprint density at radius 2 is 2.19 bits per heavy atom. The molecule has 1 atom stereocenters. The molecule has 0 aliphatic carbocycles. The van der Waals surface area contributed by atoms with Gasteiger partial charge in [0.2, 0.25) is 0 Å². The molecule has 1 aliphatic rings. The number of morpholine rings is 1. The molecule has 2 heterocycles. The van der Waals surface area contributed by atoms with E-state index in [2.05, 4.69) is 42.9 Å². The molecule has 1 unspecified atom stereocenters. The first-order valence-corrected chi connectivity index (χ1v) is 8.10. The lowest BCUT2D eigenvalue weighted by molar-refractivity contribution is -0.0342. The molecule has 1 aromatic rings. The summed E-state index contributed by atoms with van der Waals surface area (Å²) in [4.78, 5) is 11.8. The largest absolute Gasteiger partial charge is 0.370 e. The molecule has 5 heteroatoms. The van der Waals surface area contributed by atoms with Crippen LogP contribution in [0.1, 0.15) is 57.7 Å². The van der Waals surface area contributed by atoms with Crippen molar-refractivity contribution in [2.75, 3.05) is 38.1 Å². The Hall–Kier alpha value is -1.20. The summed E-state index contributed by atoms with van der Waals surface area (Å²) in [6, 6.07) is 2.05. The molecule has 5 nitrogen and oxygen atoms in total. The van der Waals surface area contributed by atoms with Gasteiger partial charge in [-0.25, -0.2) is 9.97 Å². The van der Waals surface area contributed by atoms with Gasteiger partial charge in [0, 0.05) is 31.4 Å². The molecule has 21 heavy (non-hydrogen) atoms. The molecule has 118 valence electrons. The standard InChI is InChI=1S/C16H28N4O/c1-5-7-20-8-9-21-14(11-20)16-18-13(12(3)4)10-15(19-16)17-6-2/h10,12,14H,5-9,11H2,1-4H3,(H,17,18,19). The van der Waals surface area contributed by atoms with Gasteiger partial charge >= 0.3 is 0 Å². The molecule has 1 fully saturated rings. The second-order valence-electron chi connectivity index (χ2n) is 5.88. The summed E-state index contributed by atoms with van der Waals surface area (Å²) in [6.07, 6.45) is 1.16. The van der Waals surface area contributed by atoms with Crippen LogP contribution >= 0.6 is 0 Å². The van der Waals surface area contributed by atoms with Crippen LogP contribution in [-0.2, 0) is 4.74 Å². The maximum Gasteiger partial charge on any atom is 0.161 e. The summed E-state index contributed by atoms with van der Waals surface area (Å²) in [7, 11) is 0. The van der Waals surface area contributed by atoms with Crippen LogP contribution in [0.3, 0.4) is 0 Å². The maximum absolute atomic E-state index is 5.91. The maximum atomic E-state index is 5.91.